The van der Waals surface area contributed by atoms with E-state index < -0.39 is 12.2 Å². The summed E-state index contributed by atoms with van der Waals surface area (Å²) < 4.78 is 20.9. The highest BCUT2D eigenvalue weighted by molar-refractivity contribution is 5.85. The number of aliphatic imine (C=N–C) groups is 2. The van der Waals surface area contributed by atoms with Crippen LogP contribution < -0.4 is 10.6 Å². The van der Waals surface area contributed by atoms with Gasteiger partial charge in [-0.3, -0.25) is 20.6 Å². The molecule has 0 saturated carbocycles. The van der Waals surface area contributed by atoms with Gasteiger partial charge in [0.15, 0.2) is 11.8 Å². The minimum Gasteiger partial charge on any atom is -0.479 e. The molecule has 0 saturated heterocycles. The summed E-state index contributed by atoms with van der Waals surface area (Å²) in [5, 5.41) is 5.41. The zero-order valence-electron chi connectivity index (χ0n) is 19.3. The van der Waals surface area contributed by atoms with Crippen molar-refractivity contribution < 1.29 is 28.5 Å². The van der Waals surface area contributed by atoms with Gasteiger partial charge in [-0.1, -0.05) is 24.3 Å². The second kappa shape index (κ2) is 12.4. The largest absolute Gasteiger partial charge is 0.479 e. The lowest BCUT2D eigenvalue weighted by atomic mass is 10.0. The summed E-state index contributed by atoms with van der Waals surface area (Å²) in [6.45, 7) is 2.95. The van der Waals surface area contributed by atoms with Crippen molar-refractivity contribution in [3.8, 4) is 0 Å². The van der Waals surface area contributed by atoms with E-state index in [1.54, 1.807) is 0 Å². The third-order valence-electron chi connectivity index (χ3n) is 5.20. The van der Waals surface area contributed by atoms with Gasteiger partial charge in [-0.15, -0.1) is 0 Å². The molecule has 2 heterocycles. The standard InChI is InChI=1S/C25H28N4O6/c30-24(34-13-9-22-26-11-15-32-22)28-20-5-1-18(2-6-20)17-19-3-7-21(8-4-19)29-25(31)35-14-10-23-27-12-16-33-23/h1-8H,9-17H2,(H,28,30)(H,29,31). The maximum Gasteiger partial charge on any atom is 0.411 e. The van der Waals surface area contributed by atoms with Crippen LogP contribution in [0, 0.1) is 0 Å². The van der Waals surface area contributed by atoms with E-state index >= 15 is 0 Å². The molecule has 2 amide bonds. The summed E-state index contributed by atoms with van der Waals surface area (Å²) in [6, 6.07) is 15.1. The van der Waals surface area contributed by atoms with Crippen LogP contribution in [0.15, 0.2) is 58.5 Å². The Balaban J connectivity index is 1.16. The van der Waals surface area contributed by atoms with E-state index in [4.69, 9.17) is 18.9 Å². The van der Waals surface area contributed by atoms with E-state index in [9.17, 15) is 9.59 Å². The fourth-order valence-corrected chi connectivity index (χ4v) is 3.48. The number of hydrogen-bond acceptors (Lipinski definition) is 8. The summed E-state index contributed by atoms with van der Waals surface area (Å²) in [6.07, 6.45) is 0.637. The van der Waals surface area contributed by atoms with Gasteiger partial charge in [-0.25, -0.2) is 9.59 Å². The zero-order chi connectivity index (χ0) is 24.3. The van der Waals surface area contributed by atoms with Crippen LogP contribution in [0.4, 0.5) is 21.0 Å². The van der Waals surface area contributed by atoms with Crippen molar-refractivity contribution in [2.24, 2.45) is 9.98 Å². The van der Waals surface area contributed by atoms with Crippen molar-refractivity contribution >= 4 is 35.4 Å². The van der Waals surface area contributed by atoms with Crippen LogP contribution in [0.5, 0.6) is 0 Å². The van der Waals surface area contributed by atoms with Crippen molar-refractivity contribution in [2.45, 2.75) is 19.3 Å². The van der Waals surface area contributed by atoms with E-state index in [0.29, 0.717) is 68.7 Å². The van der Waals surface area contributed by atoms with Crippen LogP contribution >= 0.6 is 0 Å². The fraction of sp³-hybridized carbons (Fsp3) is 0.360. The molecule has 2 aromatic rings. The predicted molar refractivity (Wildman–Crippen MR) is 131 cm³/mol. The van der Waals surface area contributed by atoms with Gasteiger partial charge in [0.05, 0.1) is 25.9 Å². The van der Waals surface area contributed by atoms with Gasteiger partial charge >= 0.3 is 12.2 Å². The van der Waals surface area contributed by atoms with Crippen LogP contribution in [-0.4, -0.2) is 63.5 Å². The molecule has 35 heavy (non-hydrogen) atoms. The lowest BCUT2D eigenvalue weighted by molar-refractivity contribution is 0.162. The molecule has 0 aromatic heterocycles. The minimum atomic E-state index is -0.515. The SMILES string of the molecule is O=C(Nc1ccc(Cc2ccc(NC(=O)OCCC3=NCCO3)cc2)cc1)OCCC1=NCCO1. The Hall–Kier alpha value is -4.08. The molecule has 0 spiro atoms. The molecule has 2 aromatic carbocycles. The van der Waals surface area contributed by atoms with Gasteiger partial charge < -0.3 is 18.9 Å². The highest BCUT2D eigenvalue weighted by Gasteiger charge is 2.10. The lowest BCUT2D eigenvalue weighted by Gasteiger charge is -2.09. The molecular weight excluding hydrogens is 452 g/mol. The van der Waals surface area contributed by atoms with Crippen molar-refractivity contribution in [1.82, 2.24) is 0 Å². The monoisotopic (exact) mass is 480 g/mol. The highest BCUT2D eigenvalue weighted by Crippen LogP contribution is 2.16. The van der Waals surface area contributed by atoms with Crippen molar-refractivity contribution in [3.63, 3.8) is 0 Å². The normalized spacial score (nSPS) is 14.3. The quantitative estimate of drug-likeness (QED) is 0.530. The molecular formula is C25H28N4O6. The maximum absolute atomic E-state index is 11.9. The molecule has 2 N–H and O–H groups in total. The molecule has 2 aliphatic rings. The number of amides is 2. The number of benzene rings is 2. The number of carbonyl (C=O) groups is 2. The Morgan fingerprint density at radius 3 is 1.51 bits per heavy atom. The Morgan fingerprint density at radius 1 is 0.714 bits per heavy atom. The molecule has 0 aliphatic carbocycles. The number of carbonyl (C=O) groups excluding carboxylic acids is 2. The molecule has 0 atom stereocenters. The first-order valence-electron chi connectivity index (χ1n) is 11.5. The van der Waals surface area contributed by atoms with Gasteiger partial charge in [0.25, 0.3) is 0 Å². The third-order valence-corrected chi connectivity index (χ3v) is 5.20. The van der Waals surface area contributed by atoms with Gasteiger partial charge in [0.2, 0.25) is 0 Å². The summed E-state index contributed by atoms with van der Waals surface area (Å²) in [5.41, 5.74) is 3.46. The second-order valence-electron chi connectivity index (χ2n) is 7.84. The molecule has 10 heteroatoms. The average molecular weight is 481 g/mol. The summed E-state index contributed by atoms with van der Waals surface area (Å²) in [4.78, 5) is 32.2. The topological polar surface area (TPSA) is 120 Å². The van der Waals surface area contributed by atoms with Gasteiger partial charge in [0.1, 0.15) is 26.4 Å². The summed E-state index contributed by atoms with van der Waals surface area (Å²) in [5.74, 6) is 1.26. The lowest BCUT2D eigenvalue weighted by Crippen LogP contribution is -2.16. The van der Waals surface area contributed by atoms with Crippen LogP contribution in [0.1, 0.15) is 24.0 Å². The van der Waals surface area contributed by atoms with E-state index in [1.807, 2.05) is 48.5 Å². The van der Waals surface area contributed by atoms with Crippen LogP contribution in [0.25, 0.3) is 0 Å². The Labute approximate surface area is 203 Å². The van der Waals surface area contributed by atoms with Crippen molar-refractivity contribution in [1.29, 1.82) is 0 Å². The molecule has 0 fully saturated rings. The first-order chi connectivity index (χ1) is 17.1. The fourth-order valence-electron chi connectivity index (χ4n) is 3.48. The van der Waals surface area contributed by atoms with Crippen molar-refractivity contribution in [3.05, 3.63) is 59.7 Å². The number of ether oxygens (including phenoxy) is 4. The molecule has 0 bridgehead atoms. The second-order valence-corrected chi connectivity index (χ2v) is 7.84. The van der Waals surface area contributed by atoms with Crippen molar-refractivity contribution in [2.75, 3.05) is 50.2 Å². The first kappa shape index (κ1) is 24.1. The van der Waals surface area contributed by atoms with E-state index in [2.05, 4.69) is 20.6 Å². The smallest absolute Gasteiger partial charge is 0.411 e. The molecule has 2 aliphatic heterocycles. The third kappa shape index (κ3) is 8.02. The maximum atomic E-state index is 11.9. The Kier molecular flexibility index (Phi) is 8.52. The van der Waals surface area contributed by atoms with Crippen LogP contribution in [0.2, 0.25) is 0 Å². The van der Waals surface area contributed by atoms with Gasteiger partial charge in [0, 0.05) is 11.4 Å². The van der Waals surface area contributed by atoms with E-state index in [0.717, 1.165) is 11.1 Å². The van der Waals surface area contributed by atoms with E-state index in [1.165, 1.54) is 0 Å². The number of nitrogens with zero attached hydrogens (tertiary/aromatic N) is 2. The summed E-state index contributed by atoms with van der Waals surface area (Å²) in [7, 11) is 0. The molecule has 0 unspecified atom stereocenters. The van der Waals surface area contributed by atoms with Crippen LogP contribution in [0.3, 0.4) is 0 Å². The molecule has 0 radical (unpaired) electrons. The number of anilines is 2. The predicted octanol–water partition coefficient (Wildman–Crippen LogP) is 4.01. The van der Waals surface area contributed by atoms with Crippen LogP contribution in [-0.2, 0) is 25.4 Å². The number of nitrogens with one attached hydrogen (secondary N) is 2. The summed E-state index contributed by atoms with van der Waals surface area (Å²) >= 11 is 0. The van der Waals surface area contributed by atoms with Gasteiger partial charge in [-0.05, 0) is 41.8 Å². The highest BCUT2D eigenvalue weighted by atomic mass is 16.6. The molecule has 4 rings (SSSR count). The minimum absolute atomic E-state index is 0.218. The first-order valence-corrected chi connectivity index (χ1v) is 11.5. The molecule has 184 valence electrons. The Morgan fingerprint density at radius 2 is 1.14 bits per heavy atom. The number of rotatable bonds is 10. The Bertz CT molecular complexity index is 981. The zero-order valence-corrected chi connectivity index (χ0v) is 19.3. The molecule has 10 nitrogen and oxygen atoms in total. The van der Waals surface area contributed by atoms with E-state index in [-0.39, 0.29) is 13.2 Å². The number of hydrogen-bond donors (Lipinski definition) is 2. The van der Waals surface area contributed by atoms with Gasteiger partial charge in [-0.2, -0.15) is 0 Å². The average Bonchev–Trinajstić information content (AvgIpc) is 3.56.